The number of benzene rings is 1. The van der Waals surface area contributed by atoms with Crippen molar-refractivity contribution in [2.24, 2.45) is 5.92 Å². The molecule has 1 N–H and O–H groups in total. The summed E-state index contributed by atoms with van der Waals surface area (Å²) in [6.45, 7) is 2.72. The summed E-state index contributed by atoms with van der Waals surface area (Å²) >= 11 is 3.68. The molecular formula is C20H20BrN5O. The molecule has 2 aromatic heterocycles. The summed E-state index contributed by atoms with van der Waals surface area (Å²) in [4.78, 5) is 24.0. The largest absolute Gasteiger partial charge is 0.372 e. The Hall–Kier alpha value is -2.67. The first-order chi connectivity index (χ1) is 13.0. The van der Waals surface area contributed by atoms with Crippen molar-refractivity contribution in [2.75, 3.05) is 7.05 Å². The van der Waals surface area contributed by atoms with Crippen molar-refractivity contribution in [1.29, 1.82) is 0 Å². The van der Waals surface area contributed by atoms with E-state index in [1.807, 2.05) is 37.4 Å². The van der Waals surface area contributed by atoms with Gasteiger partial charge in [-0.05, 0) is 6.08 Å². The zero-order chi connectivity index (χ0) is 19.0. The lowest BCUT2D eigenvalue weighted by molar-refractivity contribution is 0.356. The van der Waals surface area contributed by atoms with E-state index in [4.69, 9.17) is 0 Å². The number of rotatable bonds is 4. The number of aromatic nitrogens is 4. The van der Waals surface area contributed by atoms with Crippen molar-refractivity contribution in [3.05, 3.63) is 76.4 Å². The van der Waals surface area contributed by atoms with Gasteiger partial charge in [-0.25, -0.2) is 4.98 Å². The Morgan fingerprint density at radius 1 is 1.26 bits per heavy atom. The maximum Gasteiger partial charge on any atom is 0.274 e. The van der Waals surface area contributed by atoms with Crippen LogP contribution in [0.2, 0.25) is 0 Å². The third-order valence-corrected chi connectivity index (χ3v) is 5.88. The topological polar surface area (TPSA) is 66.3 Å². The molecule has 0 fully saturated rings. The van der Waals surface area contributed by atoms with E-state index in [9.17, 15) is 4.79 Å². The minimum Gasteiger partial charge on any atom is -0.372 e. The molecule has 3 aromatic rings. The SMILES string of the molecule is CC1C(N(C)Cc2cc(=O)n3[nH]c(-c4ccccc4)nc3n2)=CC=CC1Br. The van der Waals surface area contributed by atoms with E-state index in [0.29, 0.717) is 34.6 Å². The van der Waals surface area contributed by atoms with Crippen LogP contribution in [0, 0.1) is 5.92 Å². The number of H-pyrrole nitrogens is 1. The van der Waals surface area contributed by atoms with E-state index < -0.39 is 0 Å². The van der Waals surface area contributed by atoms with Crippen LogP contribution in [-0.2, 0) is 6.54 Å². The van der Waals surface area contributed by atoms with Gasteiger partial charge in [0.25, 0.3) is 11.3 Å². The normalized spacial score (nSPS) is 19.3. The van der Waals surface area contributed by atoms with E-state index in [2.05, 4.69) is 61.0 Å². The number of alkyl halides is 1. The molecule has 0 aliphatic heterocycles. The van der Waals surface area contributed by atoms with Crippen LogP contribution in [0.15, 0.2) is 65.1 Å². The van der Waals surface area contributed by atoms with Gasteiger partial charge >= 0.3 is 0 Å². The van der Waals surface area contributed by atoms with Crippen LogP contribution < -0.4 is 5.56 Å². The van der Waals surface area contributed by atoms with Crippen LogP contribution in [0.3, 0.4) is 0 Å². The number of hydrogen-bond donors (Lipinski definition) is 1. The van der Waals surface area contributed by atoms with Gasteiger partial charge in [-0.15, -0.1) is 0 Å². The number of nitrogens with zero attached hydrogens (tertiary/aromatic N) is 4. The smallest absolute Gasteiger partial charge is 0.274 e. The van der Waals surface area contributed by atoms with Crippen LogP contribution in [0.5, 0.6) is 0 Å². The predicted molar refractivity (Wildman–Crippen MR) is 110 cm³/mol. The Balaban J connectivity index is 1.64. The molecule has 6 nitrogen and oxygen atoms in total. The molecule has 27 heavy (non-hydrogen) atoms. The Labute approximate surface area is 165 Å². The van der Waals surface area contributed by atoms with Crippen LogP contribution >= 0.6 is 15.9 Å². The lowest BCUT2D eigenvalue weighted by atomic mass is 9.98. The Kier molecular flexibility index (Phi) is 4.70. The van der Waals surface area contributed by atoms with Gasteiger partial charge in [-0.2, -0.15) is 9.50 Å². The van der Waals surface area contributed by atoms with Crippen molar-refractivity contribution in [3.63, 3.8) is 0 Å². The molecule has 1 aliphatic carbocycles. The van der Waals surface area contributed by atoms with Gasteiger partial charge < -0.3 is 4.90 Å². The number of hydrogen-bond acceptors (Lipinski definition) is 4. The van der Waals surface area contributed by atoms with Crippen LogP contribution in [0.1, 0.15) is 12.6 Å². The fourth-order valence-electron chi connectivity index (χ4n) is 3.28. The summed E-state index contributed by atoms with van der Waals surface area (Å²) in [7, 11) is 2.02. The highest BCUT2D eigenvalue weighted by Gasteiger charge is 2.22. The first kappa shape index (κ1) is 17.7. The van der Waals surface area contributed by atoms with E-state index in [1.54, 1.807) is 6.07 Å². The number of nitrogens with one attached hydrogen (secondary N) is 1. The summed E-state index contributed by atoms with van der Waals surface area (Å²) in [5.41, 5.74) is 2.65. The van der Waals surface area contributed by atoms with Crippen molar-refractivity contribution < 1.29 is 0 Å². The van der Waals surface area contributed by atoms with Gasteiger partial charge in [0.2, 0.25) is 0 Å². The average Bonchev–Trinajstić information content (AvgIpc) is 3.09. The second-order valence-corrected chi connectivity index (χ2v) is 7.78. The summed E-state index contributed by atoms with van der Waals surface area (Å²) in [5.74, 6) is 1.36. The van der Waals surface area contributed by atoms with Crippen LogP contribution in [0.4, 0.5) is 0 Å². The molecule has 0 saturated heterocycles. The molecule has 2 atom stereocenters. The third kappa shape index (κ3) is 3.47. The highest BCUT2D eigenvalue weighted by Crippen LogP contribution is 2.28. The highest BCUT2D eigenvalue weighted by atomic mass is 79.9. The van der Waals surface area contributed by atoms with Gasteiger partial charge in [0.05, 0.1) is 12.2 Å². The van der Waals surface area contributed by atoms with Gasteiger partial charge in [0.1, 0.15) is 0 Å². The molecular weight excluding hydrogens is 406 g/mol. The summed E-state index contributed by atoms with van der Waals surface area (Å²) in [5, 5.41) is 3.03. The van der Waals surface area contributed by atoms with Crippen molar-refractivity contribution in [2.45, 2.75) is 18.3 Å². The number of fused-ring (bicyclic) bond motifs is 1. The molecule has 0 radical (unpaired) electrons. The van der Waals surface area contributed by atoms with Gasteiger partial charge in [-0.3, -0.25) is 9.89 Å². The van der Waals surface area contributed by atoms with E-state index >= 15 is 0 Å². The Bertz CT molecular complexity index is 1080. The van der Waals surface area contributed by atoms with Crippen molar-refractivity contribution in [3.8, 4) is 11.4 Å². The van der Waals surface area contributed by atoms with Gasteiger partial charge in [0.15, 0.2) is 5.82 Å². The molecule has 138 valence electrons. The highest BCUT2D eigenvalue weighted by molar-refractivity contribution is 9.09. The molecule has 1 aromatic carbocycles. The minimum atomic E-state index is -0.165. The maximum atomic E-state index is 12.5. The predicted octanol–water partition coefficient (Wildman–Crippen LogP) is 3.37. The molecule has 1 aliphatic rings. The number of halogens is 1. The molecule has 0 spiro atoms. The van der Waals surface area contributed by atoms with E-state index in [-0.39, 0.29) is 5.56 Å². The zero-order valence-electron chi connectivity index (χ0n) is 15.1. The lowest BCUT2D eigenvalue weighted by Crippen LogP contribution is -2.28. The monoisotopic (exact) mass is 425 g/mol. The lowest BCUT2D eigenvalue weighted by Gasteiger charge is -2.30. The average molecular weight is 426 g/mol. The summed E-state index contributed by atoms with van der Waals surface area (Å²) < 4.78 is 1.38. The van der Waals surface area contributed by atoms with Crippen molar-refractivity contribution in [1.82, 2.24) is 24.5 Å². The first-order valence-electron chi connectivity index (χ1n) is 8.80. The van der Waals surface area contributed by atoms with E-state index in [0.717, 1.165) is 5.56 Å². The Morgan fingerprint density at radius 3 is 2.81 bits per heavy atom. The fourth-order valence-corrected chi connectivity index (χ4v) is 3.73. The standard InChI is InChI=1S/C20H20BrN5O/c1-13-16(21)9-6-10-17(13)25(2)12-15-11-18(27)26-20(22-15)23-19(24-26)14-7-4-3-5-8-14/h3-11,13,16H,12H2,1-2H3,(H,22,23,24). The number of allylic oxidation sites excluding steroid dienone is 4. The quantitative estimate of drug-likeness (QED) is 0.650. The molecule has 2 unspecified atom stereocenters. The van der Waals surface area contributed by atoms with Crippen LogP contribution in [0.25, 0.3) is 17.2 Å². The Morgan fingerprint density at radius 2 is 2.04 bits per heavy atom. The second-order valence-electron chi connectivity index (χ2n) is 6.72. The van der Waals surface area contributed by atoms with E-state index in [1.165, 1.54) is 10.2 Å². The molecule has 4 rings (SSSR count). The zero-order valence-corrected chi connectivity index (χ0v) is 16.7. The summed E-state index contributed by atoms with van der Waals surface area (Å²) in [6, 6.07) is 11.3. The van der Waals surface area contributed by atoms with Gasteiger partial charge in [0, 0.05) is 35.1 Å². The fraction of sp³-hybridized carbons (Fsp3) is 0.250. The minimum absolute atomic E-state index is 0.165. The maximum absolute atomic E-state index is 12.5. The second kappa shape index (κ2) is 7.15. The first-order valence-corrected chi connectivity index (χ1v) is 9.72. The molecule has 0 amide bonds. The molecule has 7 heteroatoms. The van der Waals surface area contributed by atoms with Gasteiger partial charge in [-0.1, -0.05) is 65.3 Å². The van der Waals surface area contributed by atoms with Crippen molar-refractivity contribution >= 4 is 21.7 Å². The third-order valence-electron chi connectivity index (χ3n) is 4.78. The molecule has 0 saturated carbocycles. The molecule has 0 bridgehead atoms. The molecule has 2 heterocycles. The summed E-state index contributed by atoms with van der Waals surface area (Å²) in [6.07, 6.45) is 6.29. The number of aromatic amines is 1. The van der Waals surface area contributed by atoms with Crippen LogP contribution in [-0.4, -0.2) is 36.4 Å².